The summed E-state index contributed by atoms with van der Waals surface area (Å²) in [4.78, 5) is 14.4. The molecule has 0 bridgehead atoms. The second kappa shape index (κ2) is 5.81. The molecule has 0 aliphatic carbocycles. The molecule has 0 spiro atoms. The summed E-state index contributed by atoms with van der Waals surface area (Å²) in [6, 6.07) is 5.31. The van der Waals surface area contributed by atoms with E-state index in [1.165, 1.54) is 0 Å². The maximum absolute atomic E-state index is 12.3. The minimum atomic E-state index is 0.0851. The minimum absolute atomic E-state index is 0.0851. The zero-order valence-electron chi connectivity index (χ0n) is 11.4. The fraction of sp³-hybridized carbons (Fsp3) is 0.533. The van der Waals surface area contributed by atoms with E-state index in [2.05, 4.69) is 4.90 Å². The number of piperidine rings is 1. The smallest absolute Gasteiger partial charge is 0.231 e. The molecular formula is C15H19NO4. The Morgan fingerprint density at radius 3 is 3.05 bits per heavy atom. The first-order valence-electron chi connectivity index (χ1n) is 7.02. The third kappa shape index (κ3) is 2.78. The largest absolute Gasteiger partial charge is 0.454 e. The van der Waals surface area contributed by atoms with Crippen molar-refractivity contribution in [1.29, 1.82) is 0 Å². The van der Waals surface area contributed by atoms with Gasteiger partial charge >= 0.3 is 0 Å². The Hall–Kier alpha value is -1.59. The van der Waals surface area contributed by atoms with Crippen molar-refractivity contribution in [3.05, 3.63) is 23.8 Å². The van der Waals surface area contributed by atoms with E-state index in [1.54, 1.807) is 18.2 Å². The number of ether oxygens (including phenoxy) is 2. The standard InChI is InChI=1S/C15H19NO4/c17-9-11-2-1-5-16(7-11)8-13(18)12-3-4-14-15(6-12)20-10-19-14/h3-4,6,11,17H,1-2,5,7-10H2. The number of likely N-dealkylation sites (tertiary alicyclic amines) is 1. The van der Waals surface area contributed by atoms with Gasteiger partial charge in [0.25, 0.3) is 0 Å². The van der Waals surface area contributed by atoms with Gasteiger partial charge in [0.2, 0.25) is 6.79 Å². The van der Waals surface area contributed by atoms with E-state index in [9.17, 15) is 9.90 Å². The third-order valence-corrected chi connectivity index (χ3v) is 3.92. The van der Waals surface area contributed by atoms with Gasteiger partial charge in [-0.2, -0.15) is 0 Å². The van der Waals surface area contributed by atoms with Crippen molar-refractivity contribution in [2.75, 3.05) is 33.0 Å². The summed E-state index contributed by atoms with van der Waals surface area (Å²) in [6.07, 6.45) is 2.09. The number of Topliss-reactive ketones (excluding diaryl/α,β-unsaturated/α-hetero) is 1. The monoisotopic (exact) mass is 277 g/mol. The number of hydrogen-bond acceptors (Lipinski definition) is 5. The fourth-order valence-electron chi connectivity index (χ4n) is 2.81. The lowest BCUT2D eigenvalue weighted by Crippen LogP contribution is -2.39. The van der Waals surface area contributed by atoms with Crippen molar-refractivity contribution < 1.29 is 19.4 Å². The summed E-state index contributed by atoms with van der Waals surface area (Å²) in [6.45, 7) is 2.54. The summed E-state index contributed by atoms with van der Waals surface area (Å²) in [7, 11) is 0. The zero-order valence-corrected chi connectivity index (χ0v) is 11.4. The lowest BCUT2D eigenvalue weighted by molar-refractivity contribution is 0.0833. The Morgan fingerprint density at radius 1 is 1.35 bits per heavy atom. The van der Waals surface area contributed by atoms with E-state index < -0.39 is 0 Å². The first-order valence-corrected chi connectivity index (χ1v) is 7.02. The number of ketones is 1. The van der Waals surface area contributed by atoms with Gasteiger partial charge in [0, 0.05) is 18.7 Å². The summed E-state index contributed by atoms with van der Waals surface area (Å²) < 4.78 is 10.5. The van der Waals surface area contributed by atoms with Gasteiger partial charge < -0.3 is 14.6 Å². The van der Waals surface area contributed by atoms with Crippen LogP contribution in [0.15, 0.2) is 18.2 Å². The first kappa shape index (κ1) is 13.4. The second-order valence-electron chi connectivity index (χ2n) is 5.42. The Labute approximate surface area is 118 Å². The molecule has 0 amide bonds. The molecule has 5 nitrogen and oxygen atoms in total. The molecule has 1 N–H and O–H groups in total. The van der Waals surface area contributed by atoms with Gasteiger partial charge in [0.05, 0.1) is 6.54 Å². The first-order chi connectivity index (χ1) is 9.76. The van der Waals surface area contributed by atoms with Gasteiger partial charge in [-0.05, 0) is 43.5 Å². The highest BCUT2D eigenvalue weighted by atomic mass is 16.7. The average Bonchev–Trinajstić information content (AvgIpc) is 2.94. The van der Waals surface area contributed by atoms with Crippen LogP contribution in [0.3, 0.4) is 0 Å². The molecule has 3 rings (SSSR count). The van der Waals surface area contributed by atoms with E-state index in [-0.39, 0.29) is 19.2 Å². The molecule has 0 aromatic heterocycles. The SMILES string of the molecule is O=C(CN1CCCC(CO)C1)c1ccc2c(c1)OCO2. The molecule has 1 aromatic rings. The number of fused-ring (bicyclic) bond motifs is 1. The normalized spacial score (nSPS) is 21.9. The van der Waals surface area contributed by atoms with Crippen molar-refractivity contribution in [2.45, 2.75) is 12.8 Å². The van der Waals surface area contributed by atoms with E-state index in [1.807, 2.05) is 0 Å². The Balaban J connectivity index is 1.64. The maximum Gasteiger partial charge on any atom is 0.231 e. The number of aliphatic hydroxyl groups excluding tert-OH is 1. The van der Waals surface area contributed by atoms with Crippen LogP contribution in [0.25, 0.3) is 0 Å². The highest BCUT2D eigenvalue weighted by molar-refractivity contribution is 5.98. The summed E-state index contributed by atoms with van der Waals surface area (Å²) in [5.74, 6) is 1.72. The van der Waals surface area contributed by atoms with E-state index in [0.29, 0.717) is 29.5 Å². The summed E-state index contributed by atoms with van der Waals surface area (Å²) in [5, 5.41) is 9.22. The molecule has 0 radical (unpaired) electrons. The quantitative estimate of drug-likeness (QED) is 0.841. The molecule has 20 heavy (non-hydrogen) atoms. The van der Waals surface area contributed by atoms with Crippen LogP contribution in [0, 0.1) is 5.92 Å². The third-order valence-electron chi connectivity index (χ3n) is 3.92. The average molecular weight is 277 g/mol. The lowest BCUT2D eigenvalue weighted by atomic mass is 9.98. The molecule has 5 heteroatoms. The van der Waals surface area contributed by atoms with Gasteiger partial charge in [-0.25, -0.2) is 0 Å². The number of rotatable bonds is 4. The van der Waals surface area contributed by atoms with Crippen LogP contribution in [0.4, 0.5) is 0 Å². The molecule has 1 unspecified atom stereocenters. The highest BCUT2D eigenvalue weighted by Crippen LogP contribution is 2.32. The van der Waals surface area contributed by atoms with Crippen molar-refractivity contribution in [3.63, 3.8) is 0 Å². The molecule has 1 saturated heterocycles. The predicted molar refractivity (Wildman–Crippen MR) is 73.1 cm³/mol. The molecule has 108 valence electrons. The molecule has 1 fully saturated rings. The predicted octanol–water partition coefficient (Wildman–Crippen LogP) is 1.30. The molecule has 2 heterocycles. The van der Waals surface area contributed by atoms with Crippen LogP contribution in [-0.4, -0.2) is 48.8 Å². The van der Waals surface area contributed by atoms with Crippen molar-refractivity contribution in [3.8, 4) is 11.5 Å². The number of carbonyl (C=O) groups excluding carboxylic acids is 1. The van der Waals surface area contributed by atoms with Gasteiger partial charge in [-0.1, -0.05) is 0 Å². The Morgan fingerprint density at radius 2 is 2.20 bits per heavy atom. The van der Waals surface area contributed by atoms with Gasteiger partial charge in [0.1, 0.15) is 0 Å². The number of nitrogens with zero attached hydrogens (tertiary/aromatic N) is 1. The van der Waals surface area contributed by atoms with Crippen LogP contribution in [0.5, 0.6) is 11.5 Å². The van der Waals surface area contributed by atoms with E-state index in [4.69, 9.17) is 9.47 Å². The number of carbonyl (C=O) groups is 1. The topological polar surface area (TPSA) is 59.0 Å². The van der Waals surface area contributed by atoms with Crippen molar-refractivity contribution >= 4 is 5.78 Å². The van der Waals surface area contributed by atoms with Gasteiger partial charge in [-0.3, -0.25) is 9.69 Å². The van der Waals surface area contributed by atoms with E-state index in [0.717, 1.165) is 25.9 Å². The highest BCUT2D eigenvalue weighted by Gasteiger charge is 2.22. The van der Waals surface area contributed by atoms with Crippen LogP contribution < -0.4 is 9.47 Å². The summed E-state index contributed by atoms with van der Waals surface area (Å²) in [5.41, 5.74) is 0.653. The van der Waals surface area contributed by atoms with E-state index >= 15 is 0 Å². The number of benzene rings is 1. The van der Waals surface area contributed by atoms with Gasteiger partial charge in [0.15, 0.2) is 17.3 Å². The molecule has 1 atom stereocenters. The number of hydrogen-bond donors (Lipinski definition) is 1. The maximum atomic E-state index is 12.3. The zero-order chi connectivity index (χ0) is 13.9. The van der Waals surface area contributed by atoms with Crippen molar-refractivity contribution in [1.82, 2.24) is 4.90 Å². The Bertz CT molecular complexity index is 503. The van der Waals surface area contributed by atoms with Crippen LogP contribution in [0.2, 0.25) is 0 Å². The molecule has 2 aliphatic heterocycles. The Kier molecular flexibility index (Phi) is 3.89. The molecular weight excluding hydrogens is 258 g/mol. The van der Waals surface area contributed by atoms with Gasteiger partial charge in [-0.15, -0.1) is 0 Å². The lowest BCUT2D eigenvalue weighted by Gasteiger charge is -2.31. The molecule has 0 saturated carbocycles. The number of aliphatic hydroxyl groups is 1. The van der Waals surface area contributed by atoms with Crippen LogP contribution in [0.1, 0.15) is 23.2 Å². The second-order valence-corrected chi connectivity index (χ2v) is 5.42. The van der Waals surface area contributed by atoms with Crippen LogP contribution >= 0.6 is 0 Å². The summed E-state index contributed by atoms with van der Waals surface area (Å²) >= 11 is 0. The fourth-order valence-corrected chi connectivity index (χ4v) is 2.81. The molecule has 2 aliphatic rings. The van der Waals surface area contributed by atoms with Crippen molar-refractivity contribution in [2.24, 2.45) is 5.92 Å². The molecule has 1 aromatic carbocycles. The van der Waals surface area contributed by atoms with Crippen LogP contribution in [-0.2, 0) is 0 Å². The minimum Gasteiger partial charge on any atom is -0.454 e.